The summed E-state index contributed by atoms with van der Waals surface area (Å²) in [5.74, 6) is 0.687. The number of carbonyl (C=O) groups excluding carboxylic acids is 1. The molecule has 1 atom stereocenters. The van der Waals surface area contributed by atoms with Gasteiger partial charge in [0.05, 0.1) is 13.2 Å². The van der Waals surface area contributed by atoms with Gasteiger partial charge in [-0.25, -0.2) is 4.79 Å². The van der Waals surface area contributed by atoms with E-state index in [2.05, 4.69) is 26.0 Å². The first-order valence-corrected chi connectivity index (χ1v) is 8.21. The molecule has 1 aromatic carbocycles. The van der Waals surface area contributed by atoms with Crippen molar-refractivity contribution in [2.24, 2.45) is 5.73 Å². The first kappa shape index (κ1) is 17.9. The molecule has 0 fully saturated rings. The highest BCUT2D eigenvalue weighted by Crippen LogP contribution is 2.33. The molecule has 5 heteroatoms. The number of carbonyl (C=O) groups is 1. The van der Waals surface area contributed by atoms with E-state index in [4.69, 9.17) is 15.6 Å². The SMILES string of the molecule is CC(C)(CC(CCOC(N)=O)SCCO)c1ccccc1. The maximum atomic E-state index is 10.7. The molecule has 0 aliphatic rings. The summed E-state index contributed by atoms with van der Waals surface area (Å²) in [5, 5.41) is 9.33. The van der Waals surface area contributed by atoms with E-state index in [1.807, 2.05) is 18.2 Å². The zero-order valence-electron chi connectivity index (χ0n) is 12.7. The molecular weight excluding hydrogens is 286 g/mol. The number of benzene rings is 1. The van der Waals surface area contributed by atoms with E-state index in [1.165, 1.54) is 5.56 Å². The normalized spacial score (nSPS) is 12.9. The Morgan fingerprint density at radius 1 is 1.38 bits per heavy atom. The monoisotopic (exact) mass is 311 g/mol. The van der Waals surface area contributed by atoms with Crippen molar-refractivity contribution in [2.45, 2.75) is 37.4 Å². The minimum absolute atomic E-state index is 0.0289. The third-order valence-electron chi connectivity index (χ3n) is 3.42. The first-order chi connectivity index (χ1) is 9.95. The lowest BCUT2D eigenvalue weighted by Crippen LogP contribution is -2.25. The van der Waals surface area contributed by atoms with Crippen LogP contribution in [0.15, 0.2) is 30.3 Å². The zero-order valence-corrected chi connectivity index (χ0v) is 13.6. The Morgan fingerprint density at radius 2 is 2.05 bits per heavy atom. The van der Waals surface area contributed by atoms with Crippen molar-refractivity contribution < 1.29 is 14.6 Å². The lowest BCUT2D eigenvalue weighted by Gasteiger charge is -2.30. The first-order valence-electron chi connectivity index (χ1n) is 7.16. The van der Waals surface area contributed by atoms with Gasteiger partial charge in [-0.15, -0.1) is 0 Å². The van der Waals surface area contributed by atoms with Crippen LogP contribution in [0.25, 0.3) is 0 Å². The number of hydrogen-bond donors (Lipinski definition) is 2. The van der Waals surface area contributed by atoms with E-state index >= 15 is 0 Å². The van der Waals surface area contributed by atoms with E-state index in [-0.39, 0.29) is 12.0 Å². The molecule has 0 heterocycles. The van der Waals surface area contributed by atoms with Gasteiger partial charge in [-0.2, -0.15) is 11.8 Å². The van der Waals surface area contributed by atoms with Crippen LogP contribution in [0.5, 0.6) is 0 Å². The Labute approximate surface area is 131 Å². The fraction of sp³-hybridized carbons (Fsp3) is 0.562. The van der Waals surface area contributed by atoms with E-state index in [0.29, 0.717) is 17.6 Å². The second kappa shape index (κ2) is 8.95. The topological polar surface area (TPSA) is 72.5 Å². The van der Waals surface area contributed by atoms with Crippen molar-refractivity contribution in [1.82, 2.24) is 0 Å². The van der Waals surface area contributed by atoms with Gasteiger partial charge in [0.1, 0.15) is 0 Å². The van der Waals surface area contributed by atoms with Crippen LogP contribution in [-0.2, 0) is 10.2 Å². The highest BCUT2D eigenvalue weighted by molar-refractivity contribution is 7.99. The van der Waals surface area contributed by atoms with E-state index in [9.17, 15) is 4.79 Å². The number of aliphatic hydroxyl groups is 1. The molecule has 3 N–H and O–H groups in total. The number of aliphatic hydroxyl groups excluding tert-OH is 1. The Morgan fingerprint density at radius 3 is 2.62 bits per heavy atom. The quantitative estimate of drug-likeness (QED) is 0.735. The molecule has 0 aromatic heterocycles. The molecule has 0 aliphatic carbocycles. The number of thioether (sulfide) groups is 1. The molecule has 118 valence electrons. The number of ether oxygens (including phenoxy) is 1. The lowest BCUT2D eigenvalue weighted by molar-refractivity contribution is 0.154. The molecule has 0 saturated heterocycles. The van der Waals surface area contributed by atoms with Gasteiger partial charge in [0, 0.05) is 11.0 Å². The van der Waals surface area contributed by atoms with Crippen LogP contribution in [0.3, 0.4) is 0 Å². The van der Waals surface area contributed by atoms with Crippen molar-refractivity contribution >= 4 is 17.9 Å². The Kier molecular flexibility index (Phi) is 7.61. The molecule has 0 bridgehead atoms. The second-order valence-electron chi connectivity index (χ2n) is 5.63. The number of hydrogen-bond acceptors (Lipinski definition) is 4. The Balaban J connectivity index is 2.63. The van der Waals surface area contributed by atoms with E-state index < -0.39 is 6.09 Å². The fourth-order valence-electron chi connectivity index (χ4n) is 2.33. The summed E-state index contributed by atoms with van der Waals surface area (Å²) in [5.41, 5.74) is 6.31. The molecule has 4 nitrogen and oxygen atoms in total. The minimum Gasteiger partial charge on any atom is -0.450 e. The summed E-state index contributed by atoms with van der Waals surface area (Å²) < 4.78 is 4.84. The molecular formula is C16H25NO3S. The van der Waals surface area contributed by atoms with Crippen molar-refractivity contribution in [3.63, 3.8) is 0 Å². The highest BCUT2D eigenvalue weighted by Gasteiger charge is 2.25. The molecule has 0 radical (unpaired) electrons. The number of nitrogens with two attached hydrogens (primary N) is 1. The number of primary amides is 1. The van der Waals surface area contributed by atoms with Gasteiger partial charge in [-0.3, -0.25) is 0 Å². The molecule has 1 amide bonds. The third-order valence-corrected chi connectivity index (χ3v) is 4.71. The highest BCUT2D eigenvalue weighted by atomic mass is 32.2. The average molecular weight is 311 g/mol. The Hall–Kier alpha value is -1.20. The average Bonchev–Trinajstić information content (AvgIpc) is 2.45. The molecule has 0 saturated carbocycles. The van der Waals surface area contributed by atoms with Gasteiger partial charge in [0.2, 0.25) is 0 Å². The number of rotatable bonds is 9. The molecule has 1 aromatic rings. The predicted octanol–water partition coefficient (Wildman–Crippen LogP) is 2.93. The Bertz CT molecular complexity index is 423. The fourth-order valence-corrected chi connectivity index (χ4v) is 3.57. The lowest BCUT2D eigenvalue weighted by atomic mass is 9.80. The van der Waals surface area contributed by atoms with Gasteiger partial charge < -0.3 is 15.6 Å². The predicted molar refractivity (Wildman–Crippen MR) is 87.6 cm³/mol. The van der Waals surface area contributed by atoms with Crippen molar-refractivity contribution in [2.75, 3.05) is 19.0 Å². The van der Waals surface area contributed by atoms with Crippen molar-refractivity contribution in [1.29, 1.82) is 0 Å². The van der Waals surface area contributed by atoms with Crippen LogP contribution in [0, 0.1) is 0 Å². The van der Waals surface area contributed by atoms with Crippen LogP contribution >= 0.6 is 11.8 Å². The van der Waals surface area contributed by atoms with Crippen LogP contribution in [0.2, 0.25) is 0 Å². The molecule has 0 spiro atoms. The zero-order chi connectivity index (χ0) is 15.7. The third kappa shape index (κ3) is 6.87. The smallest absolute Gasteiger partial charge is 0.404 e. The second-order valence-corrected chi connectivity index (χ2v) is 7.03. The minimum atomic E-state index is -0.733. The van der Waals surface area contributed by atoms with Gasteiger partial charge in [-0.1, -0.05) is 44.2 Å². The summed E-state index contributed by atoms with van der Waals surface area (Å²) >= 11 is 1.71. The van der Waals surface area contributed by atoms with Crippen molar-refractivity contribution in [3.8, 4) is 0 Å². The van der Waals surface area contributed by atoms with Gasteiger partial charge >= 0.3 is 6.09 Å². The maximum Gasteiger partial charge on any atom is 0.404 e. The van der Waals surface area contributed by atoms with Gasteiger partial charge in [0.15, 0.2) is 0 Å². The van der Waals surface area contributed by atoms with Crippen LogP contribution in [-0.4, -0.2) is 35.4 Å². The summed E-state index contributed by atoms with van der Waals surface area (Å²) in [6.07, 6.45) is 0.955. The molecule has 1 rings (SSSR count). The van der Waals surface area contributed by atoms with Crippen LogP contribution in [0.4, 0.5) is 4.79 Å². The molecule has 1 unspecified atom stereocenters. The standard InChI is InChI=1S/C16H25NO3S/c1-16(2,13-6-4-3-5-7-13)12-14(21-11-9-18)8-10-20-15(17)19/h3-7,14,18H,8-12H2,1-2H3,(H2,17,19). The van der Waals surface area contributed by atoms with Crippen molar-refractivity contribution in [3.05, 3.63) is 35.9 Å². The van der Waals surface area contributed by atoms with Gasteiger partial charge in [-0.05, 0) is 23.8 Å². The summed E-state index contributed by atoms with van der Waals surface area (Å²) in [4.78, 5) is 10.7. The van der Waals surface area contributed by atoms with Crippen LogP contribution < -0.4 is 5.73 Å². The van der Waals surface area contributed by atoms with E-state index in [0.717, 1.165) is 12.8 Å². The van der Waals surface area contributed by atoms with Crippen LogP contribution in [0.1, 0.15) is 32.3 Å². The molecule has 21 heavy (non-hydrogen) atoms. The molecule has 0 aliphatic heterocycles. The van der Waals surface area contributed by atoms with Gasteiger partial charge in [0.25, 0.3) is 0 Å². The number of amides is 1. The summed E-state index contributed by atoms with van der Waals surface area (Å²) in [7, 11) is 0. The summed E-state index contributed by atoms with van der Waals surface area (Å²) in [6.45, 7) is 4.90. The maximum absolute atomic E-state index is 10.7. The van der Waals surface area contributed by atoms with E-state index in [1.54, 1.807) is 11.8 Å². The largest absolute Gasteiger partial charge is 0.450 e. The summed E-state index contributed by atoms with van der Waals surface area (Å²) in [6, 6.07) is 10.4.